The fourth-order valence-electron chi connectivity index (χ4n) is 1.91. The van der Waals surface area contributed by atoms with E-state index in [0.717, 1.165) is 25.7 Å². The Kier molecular flexibility index (Phi) is 3.98. The maximum atomic E-state index is 10.2. The van der Waals surface area contributed by atoms with Crippen molar-refractivity contribution in [1.82, 2.24) is 0 Å². The normalized spacial score (nSPS) is 22.1. The first-order chi connectivity index (χ1) is 6.23. The molecule has 1 unspecified atom stereocenters. The lowest BCUT2D eigenvalue weighted by atomic mass is 9.89. The third kappa shape index (κ3) is 3.15. The smallest absolute Gasteiger partial charge is 0.0676 e. The average Bonchev–Trinajstić information content (AvgIpc) is 2.95. The van der Waals surface area contributed by atoms with E-state index in [1.165, 1.54) is 12.8 Å². The third-order valence-corrected chi connectivity index (χ3v) is 3.10. The number of hydrogen-bond acceptors (Lipinski definition) is 1. The minimum atomic E-state index is -0.349. The molecule has 1 aliphatic rings. The molecule has 1 aliphatic carbocycles. The van der Waals surface area contributed by atoms with Crippen LogP contribution in [0.2, 0.25) is 0 Å². The van der Waals surface area contributed by atoms with Gasteiger partial charge < -0.3 is 5.11 Å². The molecule has 1 nitrogen and oxygen atoms in total. The van der Waals surface area contributed by atoms with E-state index in [4.69, 9.17) is 0 Å². The summed E-state index contributed by atoms with van der Waals surface area (Å²) in [6.45, 7) is 4.24. The molecular weight excluding hydrogens is 160 g/mol. The van der Waals surface area contributed by atoms with Crippen LogP contribution in [0.25, 0.3) is 0 Å². The number of hydrogen-bond donors (Lipinski definition) is 1. The van der Waals surface area contributed by atoms with Crippen molar-refractivity contribution in [3.63, 3.8) is 0 Å². The summed E-state index contributed by atoms with van der Waals surface area (Å²) in [7, 11) is 0. The second-order valence-electron chi connectivity index (χ2n) is 4.15. The minimum Gasteiger partial charge on any atom is -0.390 e. The second kappa shape index (κ2) is 4.80. The van der Waals surface area contributed by atoms with E-state index in [1.807, 2.05) is 0 Å². The van der Waals surface area contributed by atoms with Gasteiger partial charge in [-0.1, -0.05) is 26.0 Å². The Morgan fingerprint density at radius 1 is 1.31 bits per heavy atom. The molecule has 1 heteroatoms. The lowest BCUT2D eigenvalue weighted by Crippen LogP contribution is -2.29. The van der Waals surface area contributed by atoms with Crippen LogP contribution in [0.1, 0.15) is 52.4 Å². The third-order valence-electron chi connectivity index (χ3n) is 3.10. The van der Waals surface area contributed by atoms with Gasteiger partial charge in [-0.3, -0.25) is 0 Å². The first-order valence-electron chi connectivity index (χ1n) is 5.60. The van der Waals surface area contributed by atoms with Crippen molar-refractivity contribution < 1.29 is 5.11 Å². The van der Waals surface area contributed by atoms with E-state index >= 15 is 0 Å². The first-order valence-corrected chi connectivity index (χ1v) is 5.60. The fraction of sp³-hybridized carbons (Fsp3) is 0.833. The molecule has 1 N–H and O–H groups in total. The number of rotatable bonds is 6. The van der Waals surface area contributed by atoms with E-state index in [9.17, 15) is 5.11 Å². The molecule has 1 fully saturated rings. The average molecular weight is 182 g/mol. The zero-order valence-corrected chi connectivity index (χ0v) is 8.92. The lowest BCUT2D eigenvalue weighted by molar-refractivity contribution is 0.00610. The van der Waals surface area contributed by atoms with Crippen LogP contribution >= 0.6 is 0 Å². The van der Waals surface area contributed by atoms with Gasteiger partial charge in [-0.15, -0.1) is 0 Å². The Labute approximate surface area is 81.9 Å². The van der Waals surface area contributed by atoms with Crippen LogP contribution in [0.4, 0.5) is 0 Å². The molecule has 0 spiro atoms. The molecule has 0 saturated heterocycles. The molecule has 0 aromatic carbocycles. The summed E-state index contributed by atoms with van der Waals surface area (Å²) in [6.07, 6.45) is 10.9. The SMILES string of the molecule is CCC=CCCC(O)(CC)C1CC1. The van der Waals surface area contributed by atoms with E-state index < -0.39 is 0 Å². The summed E-state index contributed by atoms with van der Waals surface area (Å²) in [6, 6.07) is 0. The molecule has 1 rings (SSSR count). The number of allylic oxidation sites excluding steroid dienone is 2. The molecule has 0 radical (unpaired) electrons. The van der Waals surface area contributed by atoms with E-state index in [2.05, 4.69) is 26.0 Å². The lowest BCUT2D eigenvalue weighted by Gasteiger charge is -2.26. The summed E-state index contributed by atoms with van der Waals surface area (Å²) < 4.78 is 0. The Balaban J connectivity index is 2.26. The van der Waals surface area contributed by atoms with Crippen molar-refractivity contribution in [2.45, 2.75) is 58.0 Å². The molecule has 0 aromatic heterocycles. The van der Waals surface area contributed by atoms with E-state index in [-0.39, 0.29) is 5.60 Å². The highest BCUT2D eigenvalue weighted by Gasteiger charge is 2.41. The largest absolute Gasteiger partial charge is 0.390 e. The predicted octanol–water partition coefficient (Wildman–Crippen LogP) is 3.28. The maximum absolute atomic E-state index is 10.2. The van der Waals surface area contributed by atoms with Crippen LogP contribution in [0.3, 0.4) is 0 Å². The first kappa shape index (κ1) is 10.8. The summed E-state index contributed by atoms with van der Waals surface area (Å²) >= 11 is 0. The van der Waals surface area contributed by atoms with Crippen molar-refractivity contribution in [2.75, 3.05) is 0 Å². The topological polar surface area (TPSA) is 20.2 Å². The van der Waals surface area contributed by atoms with Gasteiger partial charge >= 0.3 is 0 Å². The fourth-order valence-corrected chi connectivity index (χ4v) is 1.91. The predicted molar refractivity (Wildman–Crippen MR) is 56.6 cm³/mol. The van der Waals surface area contributed by atoms with Crippen LogP contribution < -0.4 is 0 Å². The zero-order valence-electron chi connectivity index (χ0n) is 8.92. The van der Waals surface area contributed by atoms with Gasteiger partial charge in [-0.2, -0.15) is 0 Å². The monoisotopic (exact) mass is 182 g/mol. The molecule has 0 bridgehead atoms. The number of aliphatic hydroxyl groups is 1. The molecule has 0 aromatic rings. The zero-order chi connectivity index (χ0) is 9.73. The molecule has 0 aliphatic heterocycles. The highest BCUT2D eigenvalue weighted by Crippen LogP contribution is 2.43. The van der Waals surface area contributed by atoms with Gasteiger partial charge in [0.25, 0.3) is 0 Å². The van der Waals surface area contributed by atoms with Crippen molar-refractivity contribution >= 4 is 0 Å². The summed E-state index contributed by atoms with van der Waals surface area (Å²) in [5.41, 5.74) is -0.349. The maximum Gasteiger partial charge on any atom is 0.0676 e. The molecule has 1 saturated carbocycles. The van der Waals surface area contributed by atoms with Crippen LogP contribution in [0, 0.1) is 5.92 Å². The Hall–Kier alpha value is -0.300. The van der Waals surface area contributed by atoms with Crippen LogP contribution in [0.15, 0.2) is 12.2 Å². The summed E-state index contributed by atoms with van der Waals surface area (Å²) in [4.78, 5) is 0. The van der Waals surface area contributed by atoms with Gasteiger partial charge in [-0.25, -0.2) is 0 Å². The van der Waals surface area contributed by atoms with Crippen molar-refractivity contribution in [1.29, 1.82) is 0 Å². The standard InChI is InChI=1S/C12H22O/c1-3-5-6-7-10-12(13,4-2)11-8-9-11/h5-6,11,13H,3-4,7-10H2,1-2H3. The van der Waals surface area contributed by atoms with Crippen LogP contribution in [-0.2, 0) is 0 Å². The molecule has 0 heterocycles. The van der Waals surface area contributed by atoms with Gasteiger partial charge in [0.1, 0.15) is 0 Å². The molecule has 0 amide bonds. The minimum absolute atomic E-state index is 0.349. The highest BCUT2D eigenvalue weighted by molar-refractivity contribution is 4.95. The van der Waals surface area contributed by atoms with E-state index in [0.29, 0.717) is 5.92 Å². The molecule has 13 heavy (non-hydrogen) atoms. The quantitative estimate of drug-likeness (QED) is 0.625. The van der Waals surface area contributed by atoms with Crippen molar-refractivity contribution in [3.8, 4) is 0 Å². The molecule has 76 valence electrons. The van der Waals surface area contributed by atoms with Gasteiger partial charge in [0.05, 0.1) is 5.60 Å². The summed E-state index contributed by atoms with van der Waals surface area (Å²) in [5, 5.41) is 10.2. The van der Waals surface area contributed by atoms with Gasteiger partial charge in [-0.05, 0) is 44.4 Å². The van der Waals surface area contributed by atoms with Crippen LogP contribution in [0.5, 0.6) is 0 Å². The van der Waals surface area contributed by atoms with Crippen molar-refractivity contribution in [3.05, 3.63) is 12.2 Å². The van der Waals surface area contributed by atoms with Crippen molar-refractivity contribution in [2.24, 2.45) is 5.92 Å². The molecular formula is C12H22O. The van der Waals surface area contributed by atoms with Gasteiger partial charge in [0, 0.05) is 0 Å². The highest BCUT2D eigenvalue weighted by atomic mass is 16.3. The molecule has 1 atom stereocenters. The summed E-state index contributed by atoms with van der Waals surface area (Å²) in [5.74, 6) is 0.604. The Morgan fingerprint density at radius 2 is 2.00 bits per heavy atom. The van der Waals surface area contributed by atoms with E-state index in [1.54, 1.807) is 0 Å². The Bertz CT molecular complexity index is 170. The van der Waals surface area contributed by atoms with Gasteiger partial charge in [0.15, 0.2) is 0 Å². The van der Waals surface area contributed by atoms with Crippen LogP contribution in [-0.4, -0.2) is 10.7 Å². The Morgan fingerprint density at radius 3 is 2.46 bits per heavy atom. The second-order valence-corrected chi connectivity index (χ2v) is 4.15. The van der Waals surface area contributed by atoms with Gasteiger partial charge in [0.2, 0.25) is 0 Å².